The van der Waals surface area contributed by atoms with Crippen LogP contribution in [0.2, 0.25) is 0 Å². The van der Waals surface area contributed by atoms with E-state index in [-0.39, 0.29) is 17.6 Å². The Kier molecular flexibility index (Phi) is 2.94. The maximum absolute atomic E-state index is 11.3. The largest absolute Gasteiger partial charge is 0.476 e. The Morgan fingerprint density at radius 1 is 1.53 bits per heavy atom. The van der Waals surface area contributed by atoms with Gasteiger partial charge in [0.1, 0.15) is 6.33 Å². The van der Waals surface area contributed by atoms with Crippen molar-refractivity contribution in [2.45, 2.75) is 12.5 Å². The minimum atomic E-state index is -0.468. The molecule has 0 bridgehead atoms. The summed E-state index contributed by atoms with van der Waals surface area (Å²) >= 11 is 0. The minimum Gasteiger partial charge on any atom is -0.476 e. The Hall–Kier alpha value is -1.96. The summed E-state index contributed by atoms with van der Waals surface area (Å²) in [7, 11) is 1.38. The first-order chi connectivity index (χ1) is 9.22. The lowest BCUT2D eigenvalue weighted by molar-refractivity contribution is -0.385. The number of aromatic nitrogens is 2. The van der Waals surface area contributed by atoms with Crippen molar-refractivity contribution in [3.05, 3.63) is 16.4 Å². The second kappa shape index (κ2) is 4.61. The fourth-order valence-corrected chi connectivity index (χ4v) is 2.99. The molecule has 0 unspecified atom stereocenters. The minimum absolute atomic E-state index is 0.0180. The van der Waals surface area contributed by atoms with Crippen molar-refractivity contribution in [2.24, 2.45) is 5.92 Å². The molecule has 0 amide bonds. The SMILES string of the molecule is COc1ncnc(N2CC[C@H]3CNC[C@H]32)c1[N+](=O)[O-]. The van der Waals surface area contributed by atoms with Crippen LogP contribution in [0.15, 0.2) is 6.33 Å². The van der Waals surface area contributed by atoms with Gasteiger partial charge in [0.05, 0.1) is 12.0 Å². The third-order valence-corrected chi connectivity index (χ3v) is 3.86. The van der Waals surface area contributed by atoms with E-state index < -0.39 is 4.92 Å². The molecule has 2 saturated heterocycles. The summed E-state index contributed by atoms with van der Waals surface area (Å²) in [6.07, 6.45) is 2.35. The van der Waals surface area contributed by atoms with Crippen LogP contribution in [-0.4, -0.2) is 47.7 Å². The number of hydrogen-bond donors (Lipinski definition) is 1. The fraction of sp³-hybridized carbons (Fsp3) is 0.636. The summed E-state index contributed by atoms with van der Waals surface area (Å²) in [4.78, 5) is 20.7. The van der Waals surface area contributed by atoms with E-state index in [1.165, 1.54) is 13.4 Å². The Morgan fingerprint density at radius 3 is 3.11 bits per heavy atom. The van der Waals surface area contributed by atoms with E-state index >= 15 is 0 Å². The van der Waals surface area contributed by atoms with Gasteiger partial charge >= 0.3 is 5.69 Å². The van der Waals surface area contributed by atoms with Gasteiger partial charge in [0.2, 0.25) is 5.82 Å². The number of anilines is 1. The highest BCUT2D eigenvalue weighted by Gasteiger charge is 2.41. The van der Waals surface area contributed by atoms with Crippen molar-refractivity contribution in [3.63, 3.8) is 0 Å². The lowest BCUT2D eigenvalue weighted by Gasteiger charge is -2.24. The van der Waals surface area contributed by atoms with Crippen molar-refractivity contribution in [1.29, 1.82) is 0 Å². The Morgan fingerprint density at radius 2 is 2.37 bits per heavy atom. The molecule has 3 heterocycles. The van der Waals surface area contributed by atoms with Gasteiger partial charge in [-0.15, -0.1) is 0 Å². The Balaban J connectivity index is 2.02. The van der Waals surface area contributed by atoms with E-state index in [1.807, 2.05) is 4.90 Å². The molecule has 1 aromatic heterocycles. The third-order valence-electron chi connectivity index (χ3n) is 3.86. The van der Waals surface area contributed by atoms with E-state index in [9.17, 15) is 10.1 Å². The van der Waals surface area contributed by atoms with Gasteiger partial charge in [0.15, 0.2) is 0 Å². The highest BCUT2D eigenvalue weighted by molar-refractivity contribution is 5.64. The molecule has 2 aliphatic heterocycles. The number of hydrogen-bond acceptors (Lipinski definition) is 7. The molecule has 19 heavy (non-hydrogen) atoms. The van der Waals surface area contributed by atoms with Gasteiger partial charge < -0.3 is 15.0 Å². The van der Waals surface area contributed by atoms with Crippen LogP contribution >= 0.6 is 0 Å². The van der Waals surface area contributed by atoms with Crippen molar-refractivity contribution in [1.82, 2.24) is 15.3 Å². The van der Waals surface area contributed by atoms with Gasteiger partial charge in [0, 0.05) is 25.7 Å². The first-order valence-corrected chi connectivity index (χ1v) is 6.23. The molecule has 2 atom stereocenters. The topological polar surface area (TPSA) is 93.4 Å². The quantitative estimate of drug-likeness (QED) is 0.616. The maximum Gasteiger partial charge on any atom is 0.372 e. The highest BCUT2D eigenvalue weighted by atomic mass is 16.6. The summed E-state index contributed by atoms with van der Waals surface area (Å²) in [5.74, 6) is 0.929. The predicted molar refractivity (Wildman–Crippen MR) is 67.3 cm³/mol. The standard InChI is InChI=1S/C11H15N5O3/c1-19-11-9(16(17)18)10(13-6-14-11)15-3-2-7-4-12-5-8(7)15/h6-8,12H,2-5H2,1H3/t7-,8+/m0/s1. The molecule has 8 nitrogen and oxygen atoms in total. The normalized spacial score (nSPS) is 25.4. The summed E-state index contributed by atoms with van der Waals surface area (Å²) in [6.45, 7) is 2.60. The van der Waals surface area contributed by atoms with E-state index in [1.54, 1.807) is 0 Å². The lowest BCUT2D eigenvalue weighted by Crippen LogP contribution is -2.35. The number of methoxy groups -OCH3 is 1. The highest BCUT2D eigenvalue weighted by Crippen LogP contribution is 2.38. The number of nitro groups is 1. The van der Waals surface area contributed by atoms with E-state index in [4.69, 9.17) is 4.74 Å². The molecule has 102 valence electrons. The fourth-order valence-electron chi connectivity index (χ4n) is 2.99. The second-order valence-corrected chi connectivity index (χ2v) is 4.78. The summed E-state index contributed by atoms with van der Waals surface area (Å²) in [5, 5.41) is 14.6. The van der Waals surface area contributed by atoms with Crippen molar-refractivity contribution >= 4 is 11.5 Å². The summed E-state index contributed by atoms with van der Waals surface area (Å²) < 4.78 is 4.98. The number of ether oxygens (including phenoxy) is 1. The van der Waals surface area contributed by atoms with Gasteiger partial charge in [-0.25, -0.2) is 4.98 Å². The van der Waals surface area contributed by atoms with Gasteiger partial charge in [0.25, 0.3) is 5.88 Å². The zero-order valence-electron chi connectivity index (χ0n) is 10.6. The lowest BCUT2D eigenvalue weighted by atomic mass is 10.1. The molecule has 0 radical (unpaired) electrons. The summed E-state index contributed by atoms with van der Waals surface area (Å²) in [6, 6.07) is 0.276. The molecule has 0 spiro atoms. The van der Waals surface area contributed by atoms with Crippen LogP contribution < -0.4 is 15.0 Å². The smallest absolute Gasteiger partial charge is 0.372 e. The molecule has 2 fully saturated rings. The van der Waals surface area contributed by atoms with Crippen LogP contribution in [0.5, 0.6) is 5.88 Å². The van der Waals surface area contributed by atoms with Crippen LogP contribution in [0.4, 0.5) is 11.5 Å². The molecule has 2 aliphatic rings. The molecular weight excluding hydrogens is 250 g/mol. The van der Waals surface area contributed by atoms with Crippen LogP contribution in [0.25, 0.3) is 0 Å². The molecule has 1 N–H and O–H groups in total. The van der Waals surface area contributed by atoms with Crippen LogP contribution in [-0.2, 0) is 0 Å². The van der Waals surface area contributed by atoms with Crippen LogP contribution in [0.3, 0.4) is 0 Å². The van der Waals surface area contributed by atoms with E-state index in [2.05, 4.69) is 15.3 Å². The molecule has 8 heteroatoms. The van der Waals surface area contributed by atoms with Gasteiger partial charge in [-0.2, -0.15) is 4.98 Å². The van der Waals surface area contributed by atoms with Crippen molar-refractivity contribution in [3.8, 4) is 5.88 Å². The third kappa shape index (κ3) is 1.88. The zero-order valence-corrected chi connectivity index (χ0v) is 10.6. The molecule has 3 rings (SSSR count). The van der Waals surface area contributed by atoms with Gasteiger partial charge in [-0.05, 0) is 12.3 Å². The average molecular weight is 265 g/mol. The van der Waals surface area contributed by atoms with Gasteiger partial charge in [-0.1, -0.05) is 0 Å². The second-order valence-electron chi connectivity index (χ2n) is 4.78. The number of nitrogens with zero attached hydrogens (tertiary/aromatic N) is 4. The monoisotopic (exact) mass is 265 g/mol. The van der Waals surface area contributed by atoms with Crippen molar-refractivity contribution < 1.29 is 9.66 Å². The molecule has 0 aromatic carbocycles. The van der Waals surface area contributed by atoms with Crippen molar-refractivity contribution in [2.75, 3.05) is 31.6 Å². The molecular formula is C11H15N5O3. The van der Waals surface area contributed by atoms with E-state index in [0.717, 1.165) is 26.1 Å². The first kappa shape index (κ1) is 12.1. The van der Waals surface area contributed by atoms with Crippen LogP contribution in [0.1, 0.15) is 6.42 Å². The Labute approximate surface area is 109 Å². The zero-order chi connectivity index (χ0) is 13.4. The van der Waals surface area contributed by atoms with Gasteiger partial charge in [-0.3, -0.25) is 10.1 Å². The number of nitrogens with one attached hydrogen (secondary N) is 1. The maximum atomic E-state index is 11.3. The molecule has 1 aromatic rings. The molecule has 0 aliphatic carbocycles. The summed E-state index contributed by atoms with van der Waals surface area (Å²) in [5.41, 5.74) is -0.141. The van der Waals surface area contributed by atoms with E-state index in [0.29, 0.717) is 11.7 Å². The van der Waals surface area contributed by atoms with Crippen LogP contribution in [0, 0.1) is 16.0 Å². The predicted octanol–water partition coefficient (Wildman–Crippen LogP) is 0.192. The number of rotatable bonds is 3. The molecule has 0 saturated carbocycles. The number of fused-ring (bicyclic) bond motifs is 1. The average Bonchev–Trinajstić information content (AvgIpc) is 2.99. The first-order valence-electron chi connectivity index (χ1n) is 6.23. The Bertz CT molecular complexity index is 509.